The number of likely N-dealkylation sites (tertiary alicyclic amines) is 1. The van der Waals surface area contributed by atoms with Gasteiger partial charge in [-0.15, -0.1) is 18.3 Å². The number of benzene rings is 1. The number of unbranched alkanes of at least 4 members (excludes halogenated alkanes) is 2. The fourth-order valence-electron chi connectivity index (χ4n) is 6.32. The molecule has 184 valence electrons. The van der Waals surface area contributed by atoms with E-state index in [9.17, 15) is 19.5 Å². The minimum absolute atomic E-state index is 0.0845. The Morgan fingerprint density at radius 3 is 2.59 bits per heavy atom. The highest BCUT2D eigenvalue weighted by atomic mass is 32.2. The maximum atomic E-state index is 14.4. The molecule has 3 aliphatic rings. The van der Waals surface area contributed by atoms with Crippen molar-refractivity contribution in [2.75, 3.05) is 24.6 Å². The Hall–Kier alpha value is -2.32. The third kappa shape index (κ3) is 3.85. The standard InChI is InChI=1S/C26H34N2O5S/c1-4-13-27(21-16(2)9-8-10-17(21)3)24(31)22-26-12-11-18(34-26)19(25(32)33)20(26)23(30)28(22)14-6-5-7-15-29/h4,8-10,18-20,22,29H,1,5-7,11-15H2,2-3H3,(H,32,33)/t18-,19+,20-,22?,26?/m0/s1. The zero-order valence-electron chi connectivity index (χ0n) is 19.9. The number of thioether (sulfide) groups is 1. The molecule has 1 spiro atoms. The molecule has 3 fully saturated rings. The smallest absolute Gasteiger partial charge is 0.308 e. The van der Waals surface area contributed by atoms with Crippen LogP contribution in [0.25, 0.3) is 0 Å². The zero-order valence-corrected chi connectivity index (χ0v) is 20.7. The predicted octanol–water partition coefficient (Wildman–Crippen LogP) is 3.16. The van der Waals surface area contributed by atoms with Crippen molar-refractivity contribution in [2.24, 2.45) is 11.8 Å². The number of aliphatic hydroxyl groups is 1. The van der Waals surface area contributed by atoms with Crippen LogP contribution >= 0.6 is 11.8 Å². The summed E-state index contributed by atoms with van der Waals surface area (Å²) in [6, 6.07) is 5.18. The number of aliphatic carboxylic acids is 1. The number of carbonyl (C=O) groups excluding carboxylic acids is 2. The molecular weight excluding hydrogens is 452 g/mol. The van der Waals surface area contributed by atoms with Gasteiger partial charge in [0.1, 0.15) is 6.04 Å². The predicted molar refractivity (Wildman–Crippen MR) is 133 cm³/mol. The molecule has 0 saturated carbocycles. The van der Waals surface area contributed by atoms with E-state index < -0.39 is 28.6 Å². The summed E-state index contributed by atoms with van der Waals surface area (Å²) in [6.07, 6.45) is 5.11. The minimum atomic E-state index is -0.941. The Kier molecular flexibility index (Phi) is 7.10. The van der Waals surface area contributed by atoms with Gasteiger partial charge in [0.15, 0.2) is 0 Å². The molecule has 7 nitrogen and oxygen atoms in total. The van der Waals surface area contributed by atoms with E-state index in [0.29, 0.717) is 38.8 Å². The van der Waals surface area contributed by atoms with Gasteiger partial charge in [0.05, 0.1) is 16.6 Å². The van der Waals surface area contributed by atoms with Crippen molar-refractivity contribution in [1.82, 2.24) is 4.90 Å². The summed E-state index contributed by atoms with van der Waals surface area (Å²) in [5.41, 5.74) is 2.76. The van der Waals surface area contributed by atoms with Crippen LogP contribution in [0.5, 0.6) is 0 Å². The first-order valence-electron chi connectivity index (χ1n) is 12.1. The van der Waals surface area contributed by atoms with Gasteiger partial charge in [-0.05, 0) is 57.1 Å². The van der Waals surface area contributed by atoms with E-state index in [2.05, 4.69) is 6.58 Å². The topological polar surface area (TPSA) is 98.2 Å². The lowest BCUT2D eigenvalue weighted by atomic mass is 9.71. The minimum Gasteiger partial charge on any atom is -0.481 e. The number of anilines is 1. The molecule has 3 saturated heterocycles. The summed E-state index contributed by atoms with van der Waals surface area (Å²) in [6.45, 7) is 8.58. The average Bonchev–Trinajstić information content (AvgIpc) is 3.43. The van der Waals surface area contributed by atoms with Gasteiger partial charge in [-0.3, -0.25) is 14.4 Å². The van der Waals surface area contributed by atoms with Crippen LogP contribution in [0.1, 0.15) is 43.2 Å². The summed E-state index contributed by atoms with van der Waals surface area (Å²) >= 11 is 1.56. The highest BCUT2D eigenvalue weighted by Crippen LogP contribution is 2.66. The normalized spacial score (nSPS) is 29.4. The van der Waals surface area contributed by atoms with Crippen LogP contribution in [-0.2, 0) is 14.4 Å². The number of carbonyl (C=O) groups is 3. The van der Waals surface area contributed by atoms with Crippen molar-refractivity contribution < 1.29 is 24.6 Å². The van der Waals surface area contributed by atoms with Crippen molar-refractivity contribution in [2.45, 2.75) is 62.0 Å². The second-order valence-corrected chi connectivity index (χ2v) is 11.3. The van der Waals surface area contributed by atoms with Crippen LogP contribution in [0.2, 0.25) is 0 Å². The first kappa shape index (κ1) is 24.8. The Bertz CT molecular complexity index is 977. The number of carboxylic acid groups (broad SMARTS) is 1. The van der Waals surface area contributed by atoms with Crippen molar-refractivity contribution in [3.63, 3.8) is 0 Å². The van der Waals surface area contributed by atoms with Crippen LogP contribution in [0.4, 0.5) is 5.69 Å². The lowest BCUT2D eigenvalue weighted by Gasteiger charge is -2.38. The number of aryl methyl sites for hydroxylation is 2. The number of amides is 2. The third-order valence-electron chi connectivity index (χ3n) is 7.66. The molecule has 34 heavy (non-hydrogen) atoms. The van der Waals surface area contributed by atoms with Crippen molar-refractivity contribution in [3.05, 3.63) is 42.0 Å². The van der Waals surface area contributed by atoms with E-state index in [4.69, 9.17) is 5.11 Å². The van der Waals surface area contributed by atoms with Crippen LogP contribution in [0.15, 0.2) is 30.9 Å². The molecule has 0 aromatic heterocycles. The second kappa shape index (κ2) is 9.74. The largest absolute Gasteiger partial charge is 0.481 e. The molecule has 4 rings (SSSR count). The number of rotatable bonds is 10. The maximum absolute atomic E-state index is 14.4. The molecule has 2 bridgehead atoms. The summed E-state index contributed by atoms with van der Waals surface area (Å²) in [7, 11) is 0. The first-order valence-corrected chi connectivity index (χ1v) is 13.0. The fourth-order valence-corrected chi connectivity index (χ4v) is 8.53. The lowest BCUT2D eigenvalue weighted by molar-refractivity contribution is -0.148. The van der Waals surface area contributed by atoms with Gasteiger partial charge < -0.3 is 20.0 Å². The molecule has 2 amide bonds. The quantitative estimate of drug-likeness (QED) is 0.389. The molecule has 3 aliphatic heterocycles. The number of hydrogen-bond acceptors (Lipinski definition) is 5. The number of carboxylic acids is 1. The van der Waals surface area contributed by atoms with E-state index in [1.54, 1.807) is 27.6 Å². The van der Waals surface area contributed by atoms with E-state index >= 15 is 0 Å². The monoisotopic (exact) mass is 486 g/mol. The highest BCUT2D eigenvalue weighted by Gasteiger charge is 2.74. The molecule has 8 heteroatoms. The SMILES string of the molecule is C=CCN(C(=O)C1N(CCCCCO)C(=O)[C@@H]2[C@H](C(=O)O)[C@@H]3CCC12S3)c1c(C)cccc1C. The number of para-hydroxylation sites is 1. The molecule has 1 aromatic rings. The van der Waals surface area contributed by atoms with Crippen molar-refractivity contribution in [1.29, 1.82) is 0 Å². The van der Waals surface area contributed by atoms with Gasteiger partial charge in [0.2, 0.25) is 5.91 Å². The van der Waals surface area contributed by atoms with Gasteiger partial charge in [-0.25, -0.2) is 0 Å². The van der Waals surface area contributed by atoms with Crippen molar-refractivity contribution in [3.8, 4) is 0 Å². The second-order valence-electron chi connectivity index (χ2n) is 9.69. The Balaban J connectivity index is 1.76. The molecular formula is C26H34N2O5S. The van der Waals surface area contributed by atoms with Crippen LogP contribution < -0.4 is 4.90 Å². The van der Waals surface area contributed by atoms with E-state index in [1.165, 1.54) is 0 Å². The van der Waals surface area contributed by atoms with Crippen LogP contribution in [-0.4, -0.2) is 68.6 Å². The zero-order chi connectivity index (χ0) is 24.6. The van der Waals surface area contributed by atoms with E-state index in [-0.39, 0.29) is 23.7 Å². The molecule has 5 atom stereocenters. The number of aliphatic hydroxyl groups excluding tert-OH is 1. The molecule has 1 aromatic carbocycles. The highest BCUT2D eigenvalue weighted by molar-refractivity contribution is 8.02. The number of nitrogens with zero attached hydrogens (tertiary/aromatic N) is 2. The van der Waals surface area contributed by atoms with Gasteiger partial charge in [-0.1, -0.05) is 24.3 Å². The Morgan fingerprint density at radius 1 is 1.26 bits per heavy atom. The fraction of sp³-hybridized carbons (Fsp3) is 0.577. The molecule has 0 radical (unpaired) electrons. The first-order chi connectivity index (χ1) is 16.3. The van der Waals surface area contributed by atoms with E-state index in [1.807, 2.05) is 32.0 Å². The van der Waals surface area contributed by atoms with Gasteiger partial charge in [0, 0.05) is 30.6 Å². The molecule has 2 N–H and O–H groups in total. The van der Waals surface area contributed by atoms with Gasteiger partial charge >= 0.3 is 5.97 Å². The summed E-state index contributed by atoms with van der Waals surface area (Å²) in [5.74, 6) is -2.73. The Labute approximate surface area is 205 Å². The number of fused-ring (bicyclic) bond motifs is 1. The summed E-state index contributed by atoms with van der Waals surface area (Å²) < 4.78 is -0.713. The Morgan fingerprint density at radius 2 is 1.97 bits per heavy atom. The molecule has 0 aliphatic carbocycles. The van der Waals surface area contributed by atoms with Crippen LogP contribution in [0.3, 0.4) is 0 Å². The van der Waals surface area contributed by atoms with Gasteiger partial charge in [0.25, 0.3) is 5.91 Å². The number of hydrogen-bond donors (Lipinski definition) is 2. The molecule has 2 unspecified atom stereocenters. The van der Waals surface area contributed by atoms with E-state index in [0.717, 1.165) is 23.2 Å². The average molecular weight is 487 g/mol. The third-order valence-corrected chi connectivity index (χ3v) is 9.62. The lowest BCUT2D eigenvalue weighted by Crippen LogP contribution is -2.55. The summed E-state index contributed by atoms with van der Waals surface area (Å²) in [4.78, 5) is 43.7. The van der Waals surface area contributed by atoms with Crippen molar-refractivity contribution >= 4 is 35.2 Å². The maximum Gasteiger partial charge on any atom is 0.308 e. The molecule has 3 heterocycles. The van der Waals surface area contributed by atoms with Gasteiger partial charge in [-0.2, -0.15) is 0 Å². The summed E-state index contributed by atoms with van der Waals surface area (Å²) in [5, 5.41) is 19.0. The van der Waals surface area contributed by atoms with Crippen LogP contribution in [0, 0.1) is 25.7 Å².